The van der Waals surface area contributed by atoms with Crippen LogP contribution >= 0.6 is 0 Å². The summed E-state index contributed by atoms with van der Waals surface area (Å²) in [6.07, 6.45) is 13.3. The van der Waals surface area contributed by atoms with Crippen molar-refractivity contribution in [2.45, 2.75) is 95.3 Å². The van der Waals surface area contributed by atoms with E-state index in [9.17, 15) is 0 Å². The van der Waals surface area contributed by atoms with E-state index < -0.39 is 0 Å². The second-order valence-electron chi connectivity index (χ2n) is 19.7. The van der Waals surface area contributed by atoms with Crippen molar-refractivity contribution in [2.75, 3.05) is 4.90 Å². The van der Waals surface area contributed by atoms with Crippen LogP contribution in [0.4, 0.5) is 17.1 Å². The van der Waals surface area contributed by atoms with Gasteiger partial charge in [-0.15, -0.1) is 0 Å². The van der Waals surface area contributed by atoms with Gasteiger partial charge in [0.15, 0.2) is 0 Å². The van der Waals surface area contributed by atoms with Gasteiger partial charge in [0.1, 0.15) is 0 Å². The lowest BCUT2D eigenvalue weighted by atomic mass is 9.80. The maximum Gasteiger partial charge on any atom is 0.0588 e. The predicted octanol–water partition coefficient (Wildman–Crippen LogP) is 18.0. The number of hydrogen-bond acceptors (Lipinski definition) is 1. The van der Waals surface area contributed by atoms with E-state index in [2.05, 4.69) is 205 Å². The Hall–Kier alpha value is -6.64. The van der Waals surface area contributed by atoms with Gasteiger partial charge in [-0.2, -0.15) is 0 Å². The van der Waals surface area contributed by atoms with E-state index in [1.807, 2.05) is 0 Å². The van der Waals surface area contributed by atoms with Gasteiger partial charge in [-0.05, 0) is 154 Å². The van der Waals surface area contributed by atoms with Crippen LogP contribution in [0.1, 0.15) is 112 Å². The third kappa shape index (κ3) is 6.92. The first-order valence-electron chi connectivity index (χ1n) is 24.5. The molecule has 0 bridgehead atoms. The minimum absolute atomic E-state index is 0.325. The van der Waals surface area contributed by atoms with E-state index in [-0.39, 0.29) is 5.41 Å². The van der Waals surface area contributed by atoms with Crippen molar-refractivity contribution in [1.29, 1.82) is 0 Å². The van der Waals surface area contributed by atoms with Crippen LogP contribution in [0.25, 0.3) is 60.9 Å². The van der Waals surface area contributed by atoms with Gasteiger partial charge >= 0.3 is 0 Å². The molecule has 0 radical (unpaired) electrons. The lowest BCUT2D eigenvalue weighted by molar-refractivity contribution is 0.443. The first-order chi connectivity index (χ1) is 32.0. The predicted molar refractivity (Wildman–Crippen MR) is 276 cm³/mol. The third-order valence-corrected chi connectivity index (χ3v) is 15.5. The second kappa shape index (κ2) is 16.4. The second-order valence-corrected chi connectivity index (χ2v) is 19.7. The van der Waals surface area contributed by atoms with Crippen molar-refractivity contribution in [1.82, 2.24) is 4.57 Å². The van der Waals surface area contributed by atoms with E-state index in [1.165, 1.54) is 164 Å². The Kier molecular flexibility index (Phi) is 10.1. The van der Waals surface area contributed by atoms with E-state index in [1.54, 1.807) is 0 Å². The third-order valence-electron chi connectivity index (χ3n) is 15.5. The molecule has 3 aliphatic rings. The number of hydrogen-bond donors (Lipinski definition) is 0. The number of anilines is 3. The SMILES string of the molecule is CC1(C)c2cc(N(c3ccc(C4CCCCC4)cc3)c3ccc(C4CCCCC4)cc3)cc(-c3ccccc3)c2-c2ccc3c4cc(-c5ccccc5)ccc4n(-c4ccccc4)c3c21. The average molecular weight is 843 g/mol. The zero-order valence-electron chi connectivity index (χ0n) is 37.9. The summed E-state index contributed by atoms with van der Waals surface area (Å²) in [4.78, 5) is 2.54. The molecule has 0 aliphatic heterocycles. The molecule has 8 aromatic carbocycles. The maximum absolute atomic E-state index is 2.54. The minimum atomic E-state index is -0.325. The van der Waals surface area contributed by atoms with E-state index in [4.69, 9.17) is 0 Å². The van der Waals surface area contributed by atoms with Gasteiger partial charge in [0.05, 0.1) is 11.0 Å². The Labute approximate surface area is 385 Å². The van der Waals surface area contributed by atoms with Gasteiger partial charge in [-0.3, -0.25) is 0 Å². The highest BCUT2D eigenvalue weighted by Crippen LogP contribution is 2.57. The fourth-order valence-electron chi connectivity index (χ4n) is 12.2. The van der Waals surface area contributed by atoms with Crippen LogP contribution in [0.2, 0.25) is 0 Å². The molecule has 2 heteroatoms. The van der Waals surface area contributed by atoms with Crippen LogP contribution < -0.4 is 4.90 Å². The van der Waals surface area contributed by atoms with Crippen molar-refractivity contribution in [3.63, 3.8) is 0 Å². The molecule has 0 spiro atoms. The van der Waals surface area contributed by atoms with Gasteiger partial charge < -0.3 is 9.47 Å². The summed E-state index contributed by atoms with van der Waals surface area (Å²) >= 11 is 0. The monoisotopic (exact) mass is 842 g/mol. The number of nitrogens with zero attached hydrogens (tertiary/aromatic N) is 2. The number of rotatable bonds is 8. The fraction of sp³-hybridized carbons (Fsp3) is 0.238. The summed E-state index contributed by atoms with van der Waals surface area (Å²) in [6.45, 7) is 4.95. The van der Waals surface area contributed by atoms with Crippen molar-refractivity contribution in [3.05, 3.63) is 204 Å². The highest BCUT2D eigenvalue weighted by Gasteiger charge is 2.41. The molecule has 2 saturated carbocycles. The molecular formula is C63H58N2. The molecule has 2 nitrogen and oxygen atoms in total. The Morgan fingerprint density at radius 2 is 1.00 bits per heavy atom. The molecule has 0 saturated heterocycles. The smallest absolute Gasteiger partial charge is 0.0588 e. The molecule has 0 amide bonds. The van der Waals surface area contributed by atoms with Crippen LogP contribution in [0, 0.1) is 0 Å². The minimum Gasteiger partial charge on any atom is -0.310 e. The molecule has 65 heavy (non-hydrogen) atoms. The molecule has 1 heterocycles. The highest BCUT2D eigenvalue weighted by molar-refractivity contribution is 6.15. The van der Waals surface area contributed by atoms with Crippen molar-refractivity contribution < 1.29 is 0 Å². The Morgan fingerprint density at radius 3 is 1.58 bits per heavy atom. The number of fused-ring (bicyclic) bond motifs is 7. The molecule has 3 aliphatic carbocycles. The van der Waals surface area contributed by atoms with Crippen molar-refractivity contribution in [2.24, 2.45) is 0 Å². The molecular weight excluding hydrogens is 785 g/mol. The number of aromatic nitrogens is 1. The molecule has 0 N–H and O–H groups in total. The van der Waals surface area contributed by atoms with Crippen molar-refractivity contribution in [3.8, 4) is 39.1 Å². The Morgan fingerprint density at radius 1 is 0.446 bits per heavy atom. The van der Waals surface area contributed by atoms with Crippen LogP contribution in [-0.4, -0.2) is 4.57 Å². The zero-order chi connectivity index (χ0) is 43.5. The Balaban J connectivity index is 1.08. The van der Waals surface area contributed by atoms with Gasteiger partial charge in [0, 0.05) is 38.9 Å². The van der Waals surface area contributed by atoms with Gasteiger partial charge in [0.25, 0.3) is 0 Å². The average Bonchev–Trinajstić information content (AvgIpc) is 3.83. The van der Waals surface area contributed by atoms with E-state index >= 15 is 0 Å². The molecule has 1 aromatic heterocycles. The van der Waals surface area contributed by atoms with Crippen LogP contribution in [0.3, 0.4) is 0 Å². The summed E-state index contributed by atoms with van der Waals surface area (Å²) in [5.74, 6) is 1.33. The zero-order valence-corrected chi connectivity index (χ0v) is 37.9. The summed E-state index contributed by atoms with van der Waals surface area (Å²) < 4.78 is 2.54. The lowest BCUT2D eigenvalue weighted by Gasteiger charge is -2.30. The molecule has 0 unspecified atom stereocenters. The number of para-hydroxylation sites is 1. The number of benzene rings is 8. The largest absolute Gasteiger partial charge is 0.310 e. The molecule has 0 atom stereocenters. The first kappa shape index (κ1) is 39.9. The lowest BCUT2D eigenvalue weighted by Crippen LogP contribution is -2.18. The van der Waals surface area contributed by atoms with Gasteiger partial charge in [-0.1, -0.05) is 174 Å². The molecule has 320 valence electrons. The van der Waals surface area contributed by atoms with Gasteiger partial charge in [0.2, 0.25) is 0 Å². The summed E-state index contributed by atoms with van der Waals surface area (Å²) in [5.41, 5.74) is 20.4. The fourth-order valence-corrected chi connectivity index (χ4v) is 12.2. The topological polar surface area (TPSA) is 8.17 Å². The standard InChI is InChI=1S/C63H58N2/c1-63(2)58-42-53(64(51-33-28-46(29-34-51)43-18-8-3-9-19-43)52-35-30-47(31-36-52)44-20-10-4-11-21-44)41-56(48-24-14-6-15-25-48)60(58)55-38-37-54-57-40-49(45-22-12-5-13-23-45)32-39-59(57)65(62(54)61(55)63)50-26-16-7-17-27-50/h5-7,12-17,22-44H,3-4,8-11,18-21H2,1-2H3. The molecule has 9 aromatic rings. The van der Waals surface area contributed by atoms with Crippen LogP contribution in [0.15, 0.2) is 182 Å². The molecule has 12 rings (SSSR count). The summed E-state index contributed by atoms with van der Waals surface area (Å²) in [6, 6.07) is 69.2. The quantitative estimate of drug-likeness (QED) is 0.148. The normalized spacial score (nSPS) is 16.2. The van der Waals surface area contributed by atoms with E-state index in [0.29, 0.717) is 11.8 Å². The molecule has 2 fully saturated rings. The Bertz CT molecular complexity index is 3080. The van der Waals surface area contributed by atoms with Crippen LogP contribution in [-0.2, 0) is 5.41 Å². The van der Waals surface area contributed by atoms with Crippen molar-refractivity contribution >= 4 is 38.9 Å². The summed E-state index contributed by atoms with van der Waals surface area (Å²) in [5, 5.41) is 2.57. The first-order valence-corrected chi connectivity index (χ1v) is 24.5. The van der Waals surface area contributed by atoms with E-state index in [0.717, 1.165) is 0 Å². The summed E-state index contributed by atoms with van der Waals surface area (Å²) in [7, 11) is 0. The van der Waals surface area contributed by atoms with Crippen LogP contribution in [0.5, 0.6) is 0 Å². The van der Waals surface area contributed by atoms with Gasteiger partial charge in [-0.25, -0.2) is 0 Å². The highest BCUT2D eigenvalue weighted by atomic mass is 15.1. The maximum atomic E-state index is 2.54.